The van der Waals surface area contributed by atoms with E-state index < -0.39 is 11.8 Å². The Bertz CT molecular complexity index is 605. The number of hydrogen-bond donors (Lipinski definition) is 2. The van der Waals surface area contributed by atoms with Gasteiger partial charge in [0.2, 0.25) is 0 Å². The molecule has 2 atom stereocenters. The Hall–Kier alpha value is -1.59. The molecule has 2 amide bonds. The second-order valence-electron chi connectivity index (χ2n) is 6.14. The van der Waals surface area contributed by atoms with Crippen LogP contribution in [0.4, 0.5) is 5.69 Å². The number of anilines is 1. The summed E-state index contributed by atoms with van der Waals surface area (Å²) in [6.07, 6.45) is 2.48. The Labute approximate surface area is 134 Å². The van der Waals surface area contributed by atoms with E-state index in [4.69, 9.17) is 11.6 Å². The molecule has 3 rings (SSSR count). The minimum absolute atomic E-state index is 0.0198. The standard InChI is InChI=1S/C16H19ClN2O3/c1-9-2-3-10(6-14(9)17)18-15(21)16(22)19-11-4-5-12(19)8-13(20)7-11/h2-3,6,11-13,20H,4-5,7-8H2,1H3,(H,18,21)/t11-,12-/m0/s1. The number of rotatable bonds is 1. The average Bonchev–Trinajstić information content (AvgIpc) is 2.74. The molecule has 1 aromatic carbocycles. The number of benzene rings is 1. The number of amides is 2. The van der Waals surface area contributed by atoms with Crippen LogP contribution in [0.25, 0.3) is 0 Å². The first-order valence-electron chi connectivity index (χ1n) is 7.53. The molecule has 2 saturated heterocycles. The van der Waals surface area contributed by atoms with E-state index in [1.807, 2.05) is 6.92 Å². The first kappa shape index (κ1) is 15.3. The van der Waals surface area contributed by atoms with E-state index in [-0.39, 0.29) is 18.2 Å². The van der Waals surface area contributed by atoms with Gasteiger partial charge in [0, 0.05) is 22.8 Å². The highest BCUT2D eigenvalue weighted by Gasteiger charge is 2.44. The summed E-state index contributed by atoms with van der Waals surface area (Å²) in [5.74, 6) is -1.16. The van der Waals surface area contributed by atoms with Crippen LogP contribution in [0.5, 0.6) is 0 Å². The van der Waals surface area contributed by atoms with Crippen molar-refractivity contribution in [3.05, 3.63) is 28.8 Å². The van der Waals surface area contributed by atoms with Crippen molar-refractivity contribution in [3.63, 3.8) is 0 Å². The number of nitrogens with zero attached hydrogens (tertiary/aromatic N) is 1. The lowest BCUT2D eigenvalue weighted by Crippen LogP contribution is -2.51. The number of piperidine rings is 1. The van der Waals surface area contributed by atoms with Crippen molar-refractivity contribution in [1.29, 1.82) is 0 Å². The fourth-order valence-electron chi connectivity index (χ4n) is 3.45. The van der Waals surface area contributed by atoms with Crippen LogP contribution in [0.15, 0.2) is 18.2 Å². The minimum atomic E-state index is -0.645. The third-order valence-corrected chi connectivity index (χ3v) is 4.97. The molecule has 0 aromatic heterocycles. The molecule has 2 heterocycles. The van der Waals surface area contributed by atoms with Crippen molar-refractivity contribution >= 4 is 29.1 Å². The lowest BCUT2D eigenvalue weighted by molar-refractivity contribution is -0.147. The van der Waals surface area contributed by atoms with Crippen molar-refractivity contribution in [2.45, 2.75) is 50.8 Å². The van der Waals surface area contributed by atoms with Gasteiger partial charge in [0.05, 0.1) is 6.10 Å². The second kappa shape index (κ2) is 5.89. The number of fused-ring (bicyclic) bond motifs is 2. The summed E-state index contributed by atoms with van der Waals surface area (Å²) in [4.78, 5) is 26.3. The Kier molecular flexibility index (Phi) is 4.10. The average molecular weight is 323 g/mol. The number of aliphatic hydroxyl groups is 1. The third kappa shape index (κ3) is 2.83. The first-order valence-corrected chi connectivity index (χ1v) is 7.91. The van der Waals surface area contributed by atoms with Crippen molar-refractivity contribution in [2.24, 2.45) is 0 Å². The molecule has 1 aromatic rings. The summed E-state index contributed by atoms with van der Waals surface area (Å²) in [6, 6.07) is 5.11. The molecule has 2 aliphatic rings. The Morgan fingerprint density at radius 2 is 1.91 bits per heavy atom. The molecular weight excluding hydrogens is 304 g/mol. The fourth-order valence-corrected chi connectivity index (χ4v) is 3.63. The van der Waals surface area contributed by atoms with E-state index in [1.54, 1.807) is 23.1 Å². The predicted molar refractivity (Wildman–Crippen MR) is 83.7 cm³/mol. The summed E-state index contributed by atoms with van der Waals surface area (Å²) in [6.45, 7) is 1.87. The van der Waals surface area contributed by atoms with Gasteiger partial charge in [-0.15, -0.1) is 0 Å². The highest BCUT2D eigenvalue weighted by Crippen LogP contribution is 2.35. The van der Waals surface area contributed by atoms with Crippen LogP contribution < -0.4 is 5.32 Å². The van der Waals surface area contributed by atoms with Crippen molar-refractivity contribution in [2.75, 3.05) is 5.32 Å². The van der Waals surface area contributed by atoms with Crippen LogP contribution >= 0.6 is 11.6 Å². The SMILES string of the molecule is Cc1ccc(NC(=O)C(=O)N2[C@H]3CC[C@H]2CC(O)C3)cc1Cl. The molecule has 118 valence electrons. The summed E-state index contributed by atoms with van der Waals surface area (Å²) < 4.78 is 0. The van der Waals surface area contributed by atoms with E-state index in [9.17, 15) is 14.7 Å². The van der Waals surface area contributed by atoms with Gasteiger partial charge in [0.1, 0.15) is 0 Å². The fraction of sp³-hybridized carbons (Fsp3) is 0.500. The van der Waals surface area contributed by atoms with Crippen LogP contribution in [-0.2, 0) is 9.59 Å². The third-order valence-electron chi connectivity index (χ3n) is 4.57. The van der Waals surface area contributed by atoms with E-state index in [2.05, 4.69) is 5.32 Å². The molecule has 0 aliphatic carbocycles. The Morgan fingerprint density at radius 1 is 1.27 bits per heavy atom. The molecule has 0 spiro atoms. The number of halogens is 1. The number of aliphatic hydroxyl groups excluding tert-OH is 1. The van der Waals surface area contributed by atoms with Gasteiger partial charge in [-0.25, -0.2) is 0 Å². The maximum Gasteiger partial charge on any atom is 0.313 e. The molecule has 2 fully saturated rings. The van der Waals surface area contributed by atoms with Gasteiger partial charge in [-0.2, -0.15) is 0 Å². The van der Waals surface area contributed by atoms with Gasteiger partial charge in [-0.3, -0.25) is 9.59 Å². The molecule has 2 bridgehead atoms. The van der Waals surface area contributed by atoms with Crippen molar-refractivity contribution < 1.29 is 14.7 Å². The minimum Gasteiger partial charge on any atom is -0.393 e. The van der Waals surface area contributed by atoms with Gasteiger partial charge in [-0.05, 0) is 50.3 Å². The lowest BCUT2D eigenvalue weighted by Gasteiger charge is -2.36. The molecule has 2 aliphatic heterocycles. The van der Waals surface area contributed by atoms with Crippen molar-refractivity contribution in [1.82, 2.24) is 4.90 Å². The molecule has 0 saturated carbocycles. The van der Waals surface area contributed by atoms with Crippen LogP contribution in [-0.4, -0.2) is 40.0 Å². The maximum atomic E-state index is 12.4. The highest BCUT2D eigenvalue weighted by atomic mass is 35.5. The van der Waals surface area contributed by atoms with Crippen LogP contribution in [0.3, 0.4) is 0 Å². The zero-order valence-electron chi connectivity index (χ0n) is 12.4. The van der Waals surface area contributed by atoms with Gasteiger partial charge < -0.3 is 15.3 Å². The smallest absolute Gasteiger partial charge is 0.313 e. The maximum absolute atomic E-state index is 12.4. The predicted octanol–water partition coefficient (Wildman–Crippen LogP) is 2.10. The molecular formula is C16H19ClN2O3. The molecule has 0 radical (unpaired) electrons. The largest absolute Gasteiger partial charge is 0.393 e. The monoisotopic (exact) mass is 322 g/mol. The van der Waals surface area contributed by atoms with Crippen LogP contribution in [0.2, 0.25) is 5.02 Å². The first-order chi connectivity index (χ1) is 10.5. The highest BCUT2D eigenvalue weighted by molar-refractivity contribution is 6.40. The van der Waals surface area contributed by atoms with E-state index in [0.717, 1.165) is 18.4 Å². The molecule has 6 heteroatoms. The molecule has 5 nitrogen and oxygen atoms in total. The number of carbonyl (C=O) groups is 2. The second-order valence-corrected chi connectivity index (χ2v) is 6.55. The number of hydrogen-bond acceptors (Lipinski definition) is 3. The number of carbonyl (C=O) groups excluding carboxylic acids is 2. The van der Waals surface area contributed by atoms with Gasteiger partial charge in [-0.1, -0.05) is 17.7 Å². The normalized spacial score (nSPS) is 26.9. The number of aryl methyl sites for hydroxylation is 1. The Morgan fingerprint density at radius 3 is 2.50 bits per heavy atom. The number of nitrogens with one attached hydrogen (secondary N) is 1. The molecule has 2 N–H and O–H groups in total. The van der Waals surface area contributed by atoms with Crippen molar-refractivity contribution in [3.8, 4) is 0 Å². The Balaban J connectivity index is 1.70. The summed E-state index contributed by atoms with van der Waals surface area (Å²) in [7, 11) is 0. The lowest BCUT2D eigenvalue weighted by atomic mass is 10.00. The van der Waals surface area contributed by atoms with Gasteiger partial charge in [0.25, 0.3) is 0 Å². The molecule has 22 heavy (non-hydrogen) atoms. The van der Waals surface area contributed by atoms with Crippen LogP contribution in [0.1, 0.15) is 31.2 Å². The zero-order valence-corrected chi connectivity index (χ0v) is 13.1. The zero-order chi connectivity index (χ0) is 15.9. The summed E-state index contributed by atoms with van der Waals surface area (Å²) in [5.41, 5.74) is 1.42. The van der Waals surface area contributed by atoms with Gasteiger partial charge in [0.15, 0.2) is 0 Å². The van der Waals surface area contributed by atoms with E-state index in [1.165, 1.54) is 0 Å². The van der Waals surface area contributed by atoms with Gasteiger partial charge >= 0.3 is 11.8 Å². The summed E-state index contributed by atoms with van der Waals surface area (Å²) >= 11 is 6.02. The molecule has 0 unspecified atom stereocenters. The van der Waals surface area contributed by atoms with E-state index >= 15 is 0 Å². The quantitative estimate of drug-likeness (QED) is 0.778. The summed E-state index contributed by atoms with van der Waals surface area (Å²) in [5, 5.41) is 12.9. The topological polar surface area (TPSA) is 69.6 Å². The van der Waals surface area contributed by atoms with Crippen LogP contribution in [0, 0.1) is 6.92 Å². The van der Waals surface area contributed by atoms with E-state index in [0.29, 0.717) is 23.6 Å².